The van der Waals surface area contributed by atoms with Crippen LogP contribution in [0.25, 0.3) is 0 Å². The van der Waals surface area contributed by atoms with Crippen molar-refractivity contribution < 1.29 is 9.53 Å². The van der Waals surface area contributed by atoms with Crippen LogP contribution >= 0.6 is 0 Å². The summed E-state index contributed by atoms with van der Waals surface area (Å²) in [6.45, 7) is 3.51. The van der Waals surface area contributed by atoms with Crippen LogP contribution in [0.2, 0.25) is 0 Å². The zero-order valence-electron chi connectivity index (χ0n) is 16.4. The van der Waals surface area contributed by atoms with E-state index < -0.39 is 5.66 Å². The van der Waals surface area contributed by atoms with Crippen LogP contribution < -0.4 is 5.32 Å². The van der Waals surface area contributed by atoms with Gasteiger partial charge in [0.15, 0.2) is 0 Å². The van der Waals surface area contributed by atoms with Crippen molar-refractivity contribution >= 4 is 11.6 Å². The van der Waals surface area contributed by atoms with E-state index in [1.54, 1.807) is 7.11 Å². The highest BCUT2D eigenvalue weighted by atomic mass is 16.5. The highest BCUT2D eigenvalue weighted by molar-refractivity contribution is 6.02. The first-order chi connectivity index (χ1) is 13.2. The minimum Gasteiger partial charge on any atom is -0.385 e. The molecule has 0 radical (unpaired) electrons. The number of nitrogens with zero attached hydrogens (tertiary/aromatic N) is 1. The van der Waals surface area contributed by atoms with Crippen molar-refractivity contribution in [2.24, 2.45) is 0 Å². The molecule has 27 heavy (non-hydrogen) atoms. The number of fused-ring (bicyclic) bond motifs is 1. The Balaban J connectivity index is 2.06. The van der Waals surface area contributed by atoms with Gasteiger partial charge in [0, 0.05) is 25.9 Å². The molecule has 2 aromatic rings. The summed E-state index contributed by atoms with van der Waals surface area (Å²) in [5, 5.41) is 3.76. The number of ether oxygens (including phenoxy) is 1. The van der Waals surface area contributed by atoms with E-state index in [4.69, 9.17) is 4.74 Å². The Morgan fingerprint density at radius 3 is 2.48 bits per heavy atom. The summed E-state index contributed by atoms with van der Waals surface area (Å²) in [4.78, 5) is 15.5. The average molecular weight is 367 g/mol. The maximum Gasteiger partial charge on any atom is 0.258 e. The van der Waals surface area contributed by atoms with Gasteiger partial charge in [-0.15, -0.1) is 0 Å². The smallest absolute Gasteiger partial charge is 0.258 e. The number of carbonyl (C=O) groups excluding carboxylic acids is 1. The van der Waals surface area contributed by atoms with Crippen LogP contribution in [0.4, 0.5) is 5.69 Å². The van der Waals surface area contributed by atoms with Crippen molar-refractivity contribution in [1.29, 1.82) is 0 Å². The van der Waals surface area contributed by atoms with Crippen LogP contribution in [-0.2, 0) is 10.4 Å². The van der Waals surface area contributed by atoms with Crippen LogP contribution in [0.3, 0.4) is 0 Å². The third kappa shape index (κ3) is 4.01. The van der Waals surface area contributed by atoms with Gasteiger partial charge in [0.2, 0.25) is 0 Å². The number of rotatable bonds is 9. The fourth-order valence-corrected chi connectivity index (χ4v) is 3.96. The number of methoxy groups -OCH3 is 1. The maximum absolute atomic E-state index is 13.5. The second kappa shape index (κ2) is 9.05. The Bertz CT molecular complexity index is 747. The normalized spacial score (nSPS) is 18.9. The van der Waals surface area contributed by atoms with E-state index in [9.17, 15) is 4.79 Å². The maximum atomic E-state index is 13.5. The monoisotopic (exact) mass is 366 g/mol. The van der Waals surface area contributed by atoms with E-state index in [1.165, 1.54) is 0 Å². The van der Waals surface area contributed by atoms with E-state index in [1.807, 2.05) is 35.2 Å². The first kappa shape index (κ1) is 19.4. The highest BCUT2D eigenvalue weighted by Crippen LogP contribution is 2.41. The fourth-order valence-electron chi connectivity index (χ4n) is 3.96. The predicted molar refractivity (Wildman–Crippen MR) is 110 cm³/mol. The van der Waals surface area contributed by atoms with Crippen molar-refractivity contribution in [3.05, 3.63) is 65.7 Å². The number of anilines is 1. The minimum atomic E-state index is -0.518. The van der Waals surface area contributed by atoms with Gasteiger partial charge in [0.05, 0.1) is 5.56 Å². The summed E-state index contributed by atoms with van der Waals surface area (Å²) in [5.74, 6) is 0.0980. The fraction of sp³-hybridized carbons (Fsp3) is 0.435. The largest absolute Gasteiger partial charge is 0.385 e. The lowest BCUT2D eigenvalue weighted by molar-refractivity contribution is 0.0431. The molecule has 1 unspecified atom stereocenters. The van der Waals surface area contributed by atoms with Crippen LogP contribution in [0.15, 0.2) is 54.6 Å². The lowest BCUT2D eigenvalue weighted by Crippen LogP contribution is -2.58. The number of nitrogens with one attached hydrogen (secondary N) is 1. The molecule has 1 atom stereocenters. The minimum absolute atomic E-state index is 0.0980. The molecule has 2 aromatic carbocycles. The summed E-state index contributed by atoms with van der Waals surface area (Å²) in [6.07, 6.45) is 5.07. The first-order valence-corrected chi connectivity index (χ1v) is 9.96. The molecule has 1 N–H and O–H groups in total. The van der Waals surface area contributed by atoms with Gasteiger partial charge in [-0.25, -0.2) is 0 Å². The van der Waals surface area contributed by atoms with Gasteiger partial charge in [0.25, 0.3) is 5.91 Å². The number of amides is 1. The molecule has 1 heterocycles. The third-order valence-electron chi connectivity index (χ3n) is 5.33. The molecule has 0 spiro atoms. The summed E-state index contributed by atoms with van der Waals surface area (Å²) in [5.41, 5.74) is 2.29. The highest BCUT2D eigenvalue weighted by Gasteiger charge is 2.45. The number of benzene rings is 2. The number of para-hydroxylation sites is 1. The number of hydrogen-bond acceptors (Lipinski definition) is 3. The van der Waals surface area contributed by atoms with Crippen molar-refractivity contribution in [3.8, 4) is 0 Å². The SMILES string of the molecule is CCCCCC1(c2ccccc2)Nc2ccccc2C(=O)N1CCCOC. The molecular formula is C23H30N2O2. The molecular weight excluding hydrogens is 336 g/mol. The Labute approximate surface area is 162 Å². The molecule has 144 valence electrons. The number of hydrogen-bond donors (Lipinski definition) is 1. The van der Waals surface area contributed by atoms with Gasteiger partial charge in [0.1, 0.15) is 5.66 Å². The molecule has 0 aliphatic carbocycles. The Morgan fingerprint density at radius 1 is 1.00 bits per heavy atom. The van der Waals surface area contributed by atoms with Gasteiger partial charge in [-0.3, -0.25) is 4.79 Å². The molecule has 0 aromatic heterocycles. The molecule has 4 nitrogen and oxygen atoms in total. The lowest BCUT2D eigenvalue weighted by atomic mass is 9.87. The van der Waals surface area contributed by atoms with Gasteiger partial charge < -0.3 is 15.0 Å². The number of unbranched alkanes of at least 4 members (excludes halogenated alkanes) is 2. The van der Waals surface area contributed by atoms with Crippen LogP contribution in [0.5, 0.6) is 0 Å². The standard InChI is InChI=1S/C23H30N2O2/c1-3-4-10-16-23(19-12-6-5-7-13-19)24-21-15-9-8-14-20(21)22(26)25(23)17-11-18-27-2/h5-9,12-15,24H,3-4,10-11,16-18H2,1-2H3. The van der Waals surface area contributed by atoms with E-state index in [0.717, 1.165) is 48.9 Å². The molecule has 3 rings (SSSR count). The Morgan fingerprint density at radius 2 is 1.74 bits per heavy atom. The topological polar surface area (TPSA) is 41.6 Å². The van der Waals surface area contributed by atoms with Crippen LogP contribution in [0, 0.1) is 0 Å². The lowest BCUT2D eigenvalue weighted by Gasteiger charge is -2.49. The van der Waals surface area contributed by atoms with Crippen LogP contribution in [0.1, 0.15) is 54.9 Å². The average Bonchev–Trinajstić information content (AvgIpc) is 2.71. The summed E-state index contributed by atoms with van der Waals surface area (Å²) >= 11 is 0. The van der Waals surface area contributed by atoms with E-state index in [0.29, 0.717) is 13.2 Å². The molecule has 0 bridgehead atoms. The van der Waals surface area contributed by atoms with E-state index in [-0.39, 0.29) is 5.91 Å². The van der Waals surface area contributed by atoms with E-state index >= 15 is 0 Å². The second-order valence-electron chi connectivity index (χ2n) is 7.16. The summed E-state index contributed by atoms with van der Waals surface area (Å²) < 4.78 is 5.25. The van der Waals surface area contributed by atoms with Crippen molar-refractivity contribution in [3.63, 3.8) is 0 Å². The predicted octanol–water partition coefficient (Wildman–Crippen LogP) is 5.02. The molecule has 1 aliphatic rings. The first-order valence-electron chi connectivity index (χ1n) is 9.96. The molecule has 4 heteroatoms. The van der Waals surface area contributed by atoms with Crippen LogP contribution in [-0.4, -0.2) is 31.1 Å². The van der Waals surface area contributed by atoms with E-state index in [2.05, 4.69) is 36.5 Å². The molecule has 1 amide bonds. The summed E-state index contributed by atoms with van der Waals surface area (Å²) in [7, 11) is 1.71. The van der Waals surface area contributed by atoms with Crippen molar-refractivity contribution in [1.82, 2.24) is 4.90 Å². The van der Waals surface area contributed by atoms with Gasteiger partial charge >= 0.3 is 0 Å². The van der Waals surface area contributed by atoms with Gasteiger partial charge in [-0.1, -0.05) is 62.2 Å². The van der Waals surface area contributed by atoms with Crippen molar-refractivity contribution in [2.45, 2.75) is 44.7 Å². The molecule has 0 fully saturated rings. The summed E-state index contributed by atoms with van der Waals surface area (Å²) in [6, 6.07) is 18.2. The van der Waals surface area contributed by atoms with Gasteiger partial charge in [-0.2, -0.15) is 0 Å². The van der Waals surface area contributed by atoms with Gasteiger partial charge in [-0.05, 0) is 37.0 Å². The zero-order valence-corrected chi connectivity index (χ0v) is 16.4. The second-order valence-corrected chi connectivity index (χ2v) is 7.16. The number of carbonyl (C=O) groups is 1. The Hall–Kier alpha value is -2.33. The quantitative estimate of drug-likeness (QED) is 0.633. The van der Waals surface area contributed by atoms with Crippen molar-refractivity contribution in [2.75, 3.05) is 25.6 Å². The zero-order chi connectivity index (χ0) is 19.1. The Kier molecular flexibility index (Phi) is 6.51. The third-order valence-corrected chi connectivity index (χ3v) is 5.33. The molecule has 1 aliphatic heterocycles. The molecule has 0 saturated heterocycles. The molecule has 0 saturated carbocycles.